The topological polar surface area (TPSA) is 43.8 Å². The Balaban J connectivity index is 2.40. The van der Waals surface area contributed by atoms with Gasteiger partial charge in [0.2, 0.25) is 0 Å². The van der Waals surface area contributed by atoms with E-state index in [-0.39, 0.29) is 0 Å². The second kappa shape index (κ2) is 4.68. The van der Waals surface area contributed by atoms with E-state index >= 15 is 0 Å². The van der Waals surface area contributed by atoms with Crippen LogP contribution < -0.4 is 5.73 Å². The van der Waals surface area contributed by atoms with Gasteiger partial charge in [-0.1, -0.05) is 17.7 Å². The minimum atomic E-state index is 0.741. The second-order valence-electron chi connectivity index (χ2n) is 4.41. The Kier molecular flexibility index (Phi) is 3.42. The third-order valence-corrected chi connectivity index (χ3v) is 3.81. The minimum Gasteiger partial charge on any atom is -0.383 e. The maximum atomic E-state index is 5.97. The Morgan fingerprint density at radius 1 is 1.24 bits per heavy atom. The summed E-state index contributed by atoms with van der Waals surface area (Å²) in [4.78, 5) is 0. The predicted octanol–water partition coefficient (Wildman–Crippen LogP) is 3.04. The fraction of sp³-hybridized carbons (Fsp3) is 0.308. The molecule has 0 saturated carbocycles. The molecule has 0 radical (unpaired) electrons. The average Bonchev–Trinajstić information content (AvgIpc) is 2.54. The highest BCUT2D eigenvalue weighted by Gasteiger charge is 2.09. The maximum absolute atomic E-state index is 5.97. The molecule has 1 heterocycles. The number of benzene rings is 1. The summed E-state index contributed by atoms with van der Waals surface area (Å²) in [7, 11) is 0. The van der Waals surface area contributed by atoms with Crippen molar-refractivity contribution in [1.82, 2.24) is 9.78 Å². The second-order valence-corrected chi connectivity index (χ2v) is 5.57. The molecule has 0 aliphatic rings. The minimum absolute atomic E-state index is 0.741. The summed E-state index contributed by atoms with van der Waals surface area (Å²) in [6.07, 6.45) is 1.80. The van der Waals surface area contributed by atoms with Crippen molar-refractivity contribution in [2.45, 2.75) is 27.3 Å². The molecule has 0 aliphatic carbocycles. The Hall–Kier alpha value is -1.04. The molecule has 3 nitrogen and oxygen atoms in total. The molecule has 0 unspecified atom stereocenters. The Morgan fingerprint density at radius 2 is 1.82 bits per heavy atom. The van der Waals surface area contributed by atoms with Crippen molar-refractivity contribution >= 4 is 28.4 Å². The van der Waals surface area contributed by atoms with Crippen molar-refractivity contribution in [1.29, 1.82) is 0 Å². The number of anilines is 1. The van der Waals surface area contributed by atoms with Gasteiger partial charge in [0, 0.05) is 0 Å². The number of rotatable bonds is 2. The van der Waals surface area contributed by atoms with Crippen LogP contribution in [0.3, 0.4) is 0 Å². The first-order chi connectivity index (χ1) is 7.99. The van der Waals surface area contributed by atoms with Crippen molar-refractivity contribution in [2.24, 2.45) is 0 Å². The highest BCUT2D eigenvalue weighted by atomic mass is 127. The molecule has 0 atom stereocenters. The van der Waals surface area contributed by atoms with Gasteiger partial charge < -0.3 is 5.73 Å². The van der Waals surface area contributed by atoms with E-state index in [0.29, 0.717) is 0 Å². The van der Waals surface area contributed by atoms with Gasteiger partial charge in [-0.05, 0) is 60.1 Å². The van der Waals surface area contributed by atoms with Gasteiger partial charge in [0.05, 0.1) is 16.3 Å². The standard InChI is InChI=1S/C13H16IN3/c1-8-4-9(2)11(10(3)5-8)7-17-13(15)12(14)6-16-17/h4-6H,7,15H2,1-3H3. The molecule has 4 heteroatoms. The van der Waals surface area contributed by atoms with E-state index in [0.717, 1.165) is 15.9 Å². The molecule has 1 aromatic heterocycles. The lowest BCUT2D eigenvalue weighted by atomic mass is 10.00. The monoisotopic (exact) mass is 341 g/mol. The third kappa shape index (κ3) is 2.46. The van der Waals surface area contributed by atoms with Crippen LogP contribution in [0.5, 0.6) is 0 Å². The summed E-state index contributed by atoms with van der Waals surface area (Å²) in [6, 6.07) is 4.40. The van der Waals surface area contributed by atoms with Crippen LogP contribution in [0.4, 0.5) is 5.82 Å². The van der Waals surface area contributed by atoms with Gasteiger partial charge in [-0.15, -0.1) is 0 Å². The van der Waals surface area contributed by atoms with Gasteiger partial charge in [0.1, 0.15) is 5.82 Å². The summed E-state index contributed by atoms with van der Waals surface area (Å²) in [5, 5.41) is 4.30. The SMILES string of the molecule is Cc1cc(C)c(Cn2ncc(I)c2N)c(C)c1. The Morgan fingerprint density at radius 3 is 2.29 bits per heavy atom. The first kappa shape index (κ1) is 12.4. The van der Waals surface area contributed by atoms with Crippen molar-refractivity contribution in [3.8, 4) is 0 Å². The average molecular weight is 341 g/mol. The normalized spacial score (nSPS) is 10.8. The van der Waals surface area contributed by atoms with E-state index in [4.69, 9.17) is 5.73 Å². The summed E-state index contributed by atoms with van der Waals surface area (Å²) in [6.45, 7) is 7.14. The van der Waals surface area contributed by atoms with Gasteiger partial charge in [0.25, 0.3) is 0 Å². The smallest absolute Gasteiger partial charge is 0.135 e. The zero-order valence-corrected chi connectivity index (χ0v) is 12.4. The molecule has 1 aromatic carbocycles. The van der Waals surface area contributed by atoms with E-state index in [1.54, 1.807) is 6.20 Å². The molecular formula is C13H16IN3. The molecule has 2 N–H and O–H groups in total. The summed E-state index contributed by atoms with van der Waals surface area (Å²) < 4.78 is 2.86. The van der Waals surface area contributed by atoms with E-state index in [2.05, 4.69) is 60.6 Å². The highest BCUT2D eigenvalue weighted by molar-refractivity contribution is 14.1. The van der Waals surface area contributed by atoms with Crippen LogP contribution in [0.25, 0.3) is 0 Å². The van der Waals surface area contributed by atoms with Crippen LogP contribution in [0.1, 0.15) is 22.3 Å². The van der Waals surface area contributed by atoms with Gasteiger partial charge in [0.15, 0.2) is 0 Å². The van der Waals surface area contributed by atoms with Crippen LogP contribution in [0.15, 0.2) is 18.3 Å². The molecule has 0 saturated heterocycles. The number of nitrogens with zero attached hydrogens (tertiary/aromatic N) is 2. The zero-order chi connectivity index (χ0) is 12.6. The molecular weight excluding hydrogens is 325 g/mol. The highest BCUT2D eigenvalue weighted by Crippen LogP contribution is 2.20. The molecule has 2 rings (SSSR count). The van der Waals surface area contributed by atoms with Crippen LogP contribution in [0.2, 0.25) is 0 Å². The van der Waals surface area contributed by atoms with E-state index in [9.17, 15) is 0 Å². The third-order valence-electron chi connectivity index (χ3n) is 2.98. The van der Waals surface area contributed by atoms with Crippen LogP contribution in [0, 0.1) is 24.3 Å². The molecule has 2 aromatic rings. The van der Waals surface area contributed by atoms with Gasteiger partial charge in [-0.25, -0.2) is 4.68 Å². The lowest BCUT2D eigenvalue weighted by Gasteiger charge is -2.12. The predicted molar refractivity (Wildman–Crippen MR) is 79.1 cm³/mol. The Bertz CT molecular complexity index is 535. The number of hydrogen-bond donors (Lipinski definition) is 1. The molecule has 0 aliphatic heterocycles. The maximum Gasteiger partial charge on any atom is 0.135 e. The van der Waals surface area contributed by atoms with Gasteiger partial charge in [-0.2, -0.15) is 5.10 Å². The van der Waals surface area contributed by atoms with E-state index < -0.39 is 0 Å². The molecule has 0 spiro atoms. The lowest BCUT2D eigenvalue weighted by Crippen LogP contribution is -2.09. The van der Waals surface area contributed by atoms with Crippen molar-refractivity contribution in [2.75, 3.05) is 5.73 Å². The van der Waals surface area contributed by atoms with Crippen LogP contribution >= 0.6 is 22.6 Å². The molecule has 90 valence electrons. The number of nitrogen functional groups attached to an aromatic ring is 1. The Labute approximate surface area is 115 Å². The van der Waals surface area contributed by atoms with Crippen molar-refractivity contribution in [3.63, 3.8) is 0 Å². The van der Waals surface area contributed by atoms with Crippen LogP contribution in [-0.2, 0) is 6.54 Å². The molecule has 0 fully saturated rings. The quantitative estimate of drug-likeness (QED) is 0.854. The van der Waals surface area contributed by atoms with E-state index in [1.807, 2.05) is 4.68 Å². The van der Waals surface area contributed by atoms with Crippen LogP contribution in [-0.4, -0.2) is 9.78 Å². The van der Waals surface area contributed by atoms with Crippen molar-refractivity contribution < 1.29 is 0 Å². The number of nitrogens with two attached hydrogens (primary N) is 1. The molecule has 0 bridgehead atoms. The number of aromatic nitrogens is 2. The fourth-order valence-corrected chi connectivity index (χ4v) is 2.51. The fourth-order valence-electron chi connectivity index (χ4n) is 2.11. The largest absolute Gasteiger partial charge is 0.383 e. The summed E-state index contributed by atoms with van der Waals surface area (Å²) >= 11 is 2.20. The van der Waals surface area contributed by atoms with Gasteiger partial charge in [-0.3, -0.25) is 0 Å². The van der Waals surface area contributed by atoms with Gasteiger partial charge >= 0.3 is 0 Å². The number of aryl methyl sites for hydroxylation is 3. The lowest BCUT2D eigenvalue weighted by molar-refractivity contribution is 0.691. The molecule has 17 heavy (non-hydrogen) atoms. The number of halogens is 1. The first-order valence-electron chi connectivity index (χ1n) is 5.52. The zero-order valence-electron chi connectivity index (χ0n) is 10.3. The number of hydrogen-bond acceptors (Lipinski definition) is 2. The summed E-state index contributed by atoms with van der Waals surface area (Å²) in [5.41, 5.74) is 11.2. The first-order valence-corrected chi connectivity index (χ1v) is 6.60. The molecule has 0 amide bonds. The summed E-state index contributed by atoms with van der Waals surface area (Å²) in [5.74, 6) is 0.741. The van der Waals surface area contributed by atoms with Crippen molar-refractivity contribution in [3.05, 3.63) is 44.2 Å². The van der Waals surface area contributed by atoms with E-state index in [1.165, 1.54) is 22.3 Å².